The van der Waals surface area contributed by atoms with Crippen LogP contribution in [0.2, 0.25) is 10.0 Å². The molecule has 0 saturated carbocycles. The first-order valence-corrected chi connectivity index (χ1v) is 6.32. The Kier molecular flexibility index (Phi) is 4.06. The van der Waals surface area contributed by atoms with Crippen molar-refractivity contribution in [3.05, 3.63) is 46.2 Å². The average Bonchev–Trinajstić information content (AvgIpc) is 2.34. The van der Waals surface area contributed by atoms with Gasteiger partial charge in [-0.05, 0) is 18.2 Å². The van der Waals surface area contributed by atoms with Gasteiger partial charge in [-0.1, -0.05) is 35.0 Å². The van der Waals surface area contributed by atoms with Crippen molar-refractivity contribution in [3.63, 3.8) is 0 Å². The number of aromatic carboxylic acids is 1. The van der Waals surface area contributed by atoms with Gasteiger partial charge in [-0.15, -0.1) is 0 Å². The minimum Gasteiger partial charge on any atom is -0.478 e. The lowest BCUT2D eigenvalue weighted by atomic mass is 10.3. The maximum absolute atomic E-state index is 10.9. The highest BCUT2D eigenvalue weighted by Crippen LogP contribution is 2.27. The SMILES string of the molecule is O=C(O)c1cc(Sc2ccc(Cl)cn2)ncc1Cl. The minimum absolute atomic E-state index is 0.0168. The molecule has 4 nitrogen and oxygen atoms in total. The molecule has 0 amide bonds. The Hall–Kier alpha value is -1.30. The van der Waals surface area contributed by atoms with Crippen LogP contribution in [-0.2, 0) is 0 Å². The molecule has 18 heavy (non-hydrogen) atoms. The minimum atomic E-state index is -1.09. The van der Waals surface area contributed by atoms with Crippen LogP contribution >= 0.6 is 35.0 Å². The van der Waals surface area contributed by atoms with Gasteiger partial charge in [0.15, 0.2) is 0 Å². The van der Waals surface area contributed by atoms with Gasteiger partial charge in [-0.25, -0.2) is 14.8 Å². The van der Waals surface area contributed by atoms with Crippen molar-refractivity contribution < 1.29 is 9.90 Å². The van der Waals surface area contributed by atoms with Gasteiger partial charge >= 0.3 is 5.97 Å². The summed E-state index contributed by atoms with van der Waals surface area (Å²) in [6.07, 6.45) is 2.82. The first-order valence-electron chi connectivity index (χ1n) is 4.74. The second-order valence-electron chi connectivity index (χ2n) is 3.22. The Balaban J connectivity index is 2.27. The number of hydrogen-bond acceptors (Lipinski definition) is 4. The van der Waals surface area contributed by atoms with E-state index in [1.807, 2.05) is 0 Å². The summed E-state index contributed by atoms with van der Waals surface area (Å²) in [6.45, 7) is 0. The van der Waals surface area contributed by atoms with Crippen LogP contribution in [0, 0.1) is 0 Å². The van der Waals surface area contributed by atoms with Gasteiger partial charge in [0, 0.05) is 12.4 Å². The lowest BCUT2D eigenvalue weighted by Gasteiger charge is -2.03. The number of rotatable bonds is 3. The summed E-state index contributed by atoms with van der Waals surface area (Å²) in [5.74, 6) is -1.09. The quantitative estimate of drug-likeness (QED) is 0.937. The Bertz CT molecular complexity index is 590. The van der Waals surface area contributed by atoms with Crippen molar-refractivity contribution in [2.24, 2.45) is 0 Å². The van der Waals surface area contributed by atoms with Crippen molar-refractivity contribution in [2.75, 3.05) is 0 Å². The molecular formula is C11H6Cl2N2O2S. The van der Waals surface area contributed by atoms with E-state index < -0.39 is 5.97 Å². The van der Waals surface area contributed by atoms with Crippen LogP contribution in [-0.4, -0.2) is 21.0 Å². The molecule has 0 bridgehead atoms. The third-order valence-corrected chi connectivity index (χ3v) is 3.38. The highest BCUT2D eigenvalue weighted by Gasteiger charge is 2.11. The number of aromatic nitrogens is 2. The third kappa shape index (κ3) is 3.13. The zero-order chi connectivity index (χ0) is 13.1. The molecule has 2 rings (SSSR count). The molecule has 0 radical (unpaired) electrons. The van der Waals surface area contributed by atoms with Crippen molar-refractivity contribution in [2.45, 2.75) is 10.1 Å². The van der Waals surface area contributed by atoms with E-state index in [1.54, 1.807) is 12.1 Å². The van der Waals surface area contributed by atoms with Crippen molar-refractivity contribution >= 4 is 40.9 Å². The molecule has 0 atom stereocenters. The summed E-state index contributed by atoms with van der Waals surface area (Å²) in [5.41, 5.74) is 0.0168. The third-order valence-electron chi connectivity index (χ3n) is 1.97. The van der Waals surface area contributed by atoms with Crippen LogP contribution in [0.15, 0.2) is 40.6 Å². The van der Waals surface area contributed by atoms with E-state index >= 15 is 0 Å². The second-order valence-corrected chi connectivity index (χ2v) is 5.11. The molecule has 2 heterocycles. The second kappa shape index (κ2) is 5.56. The van der Waals surface area contributed by atoms with Gasteiger partial charge in [0.25, 0.3) is 0 Å². The fraction of sp³-hybridized carbons (Fsp3) is 0. The standard InChI is InChI=1S/C11H6Cl2N2O2S/c12-6-1-2-9(14-4-6)18-10-3-7(11(16)17)8(13)5-15-10/h1-5H,(H,16,17). The van der Waals surface area contributed by atoms with Gasteiger partial charge < -0.3 is 5.11 Å². The molecule has 0 fully saturated rings. The van der Waals surface area contributed by atoms with Gasteiger partial charge in [0.2, 0.25) is 0 Å². The molecule has 0 aliphatic heterocycles. The molecule has 2 aromatic rings. The number of pyridine rings is 2. The van der Waals surface area contributed by atoms with Gasteiger partial charge in [-0.3, -0.25) is 0 Å². The first kappa shape index (κ1) is 13.1. The largest absolute Gasteiger partial charge is 0.478 e. The Morgan fingerprint density at radius 1 is 1.17 bits per heavy atom. The van der Waals surface area contributed by atoms with Crippen LogP contribution in [0.5, 0.6) is 0 Å². The summed E-state index contributed by atoms with van der Waals surface area (Å²) < 4.78 is 0. The Morgan fingerprint density at radius 3 is 2.50 bits per heavy atom. The first-order chi connectivity index (χ1) is 8.56. The number of halogens is 2. The molecule has 0 spiro atoms. The van der Waals surface area contributed by atoms with E-state index in [9.17, 15) is 4.79 Å². The molecule has 2 aromatic heterocycles. The summed E-state index contributed by atoms with van der Waals surface area (Å²) >= 11 is 12.7. The molecule has 0 saturated heterocycles. The fourth-order valence-corrected chi connectivity index (χ4v) is 2.20. The molecule has 0 aliphatic rings. The van der Waals surface area contributed by atoms with E-state index in [-0.39, 0.29) is 10.6 Å². The maximum Gasteiger partial charge on any atom is 0.337 e. The van der Waals surface area contributed by atoms with Gasteiger partial charge in [-0.2, -0.15) is 0 Å². The lowest BCUT2D eigenvalue weighted by Crippen LogP contribution is -1.98. The predicted octanol–water partition coefficient (Wildman–Crippen LogP) is 3.63. The van der Waals surface area contributed by atoms with Crippen LogP contribution in [0.1, 0.15) is 10.4 Å². The van der Waals surface area contributed by atoms with E-state index in [1.165, 1.54) is 30.2 Å². The fourth-order valence-electron chi connectivity index (χ4n) is 1.17. The number of carboxylic acid groups (broad SMARTS) is 1. The molecule has 0 unspecified atom stereocenters. The maximum atomic E-state index is 10.9. The summed E-state index contributed by atoms with van der Waals surface area (Å²) in [6, 6.07) is 4.83. The summed E-state index contributed by atoms with van der Waals surface area (Å²) in [7, 11) is 0. The molecule has 1 N–H and O–H groups in total. The van der Waals surface area contributed by atoms with Crippen molar-refractivity contribution in [1.29, 1.82) is 0 Å². The van der Waals surface area contributed by atoms with Gasteiger partial charge in [0.1, 0.15) is 10.1 Å². The molecule has 0 aromatic carbocycles. The van der Waals surface area contributed by atoms with Crippen LogP contribution < -0.4 is 0 Å². The molecule has 92 valence electrons. The number of hydrogen-bond donors (Lipinski definition) is 1. The van der Waals surface area contributed by atoms with Crippen LogP contribution in [0.4, 0.5) is 0 Å². The van der Waals surface area contributed by atoms with E-state index in [2.05, 4.69) is 9.97 Å². The molecular weight excluding hydrogens is 295 g/mol. The van der Waals surface area contributed by atoms with E-state index in [0.717, 1.165) is 0 Å². The molecule has 0 aliphatic carbocycles. The highest BCUT2D eigenvalue weighted by molar-refractivity contribution is 7.99. The van der Waals surface area contributed by atoms with Crippen LogP contribution in [0.25, 0.3) is 0 Å². The average molecular weight is 301 g/mol. The highest BCUT2D eigenvalue weighted by atomic mass is 35.5. The van der Waals surface area contributed by atoms with Gasteiger partial charge in [0.05, 0.1) is 15.6 Å². The number of nitrogens with zero attached hydrogens (tertiary/aromatic N) is 2. The van der Waals surface area contributed by atoms with E-state index in [0.29, 0.717) is 15.1 Å². The summed E-state index contributed by atoms with van der Waals surface area (Å²) in [5, 5.41) is 10.8. The molecule has 7 heteroatoms. The Labute approximate surface area is 117 Å². The van der Waals surface area contributed by atoms with Crippen molar-refractivity contribution in [1.82, 2.24) is 9.97 Å². The lowest BCUT2D eigenvalue weighted by molar-refractivity contribution is 0.0696. The predicted molar refractivity (Wildman–Crippen MR) is 69.6 cm³/mol. The summed E-state index contributed by atoms with van der Waals surface area (Å²) in [4.78, 5) is 19.0. The smallest absolute Gasteiger partial charge is 0.337 e. The van der Waals surface area contributed by atoms with Crippen molar-refractivity contribution in [3.8, 4) is 0 Å². The zero-order valence-corrected chi connectivity index (χ0v) is 11.1. The number of carboxylic acids is 1. The van der Waals surface area contributed by atoms with Crippen LogP contribution in [0.3, 0.4) is 0 Å². The normalized spacial score (nSPS) is 10.3. The zero-order valence-electron chi connectivity index (χ0n) is 8.80. The van der Waals surface area contributed by atoms with E-state index in [4.69, 9.17) is 28.3 Å². The number of carbonyl (C=O) groups is 1. The monoisotopic (exact) mass is 300 g/mol. The topological polar surface area (TPSA) is 63.1 Å². The Morgan fingerprint density at radius 2 is 1.89 bits per heavy atom.